The van der Waals surface area contributed by atoms with E-state index in [1.165, 1.54) is 6.07 Å². The molecule has 0 atom stereocenters. The number of hydrogen-bond acceptors (Lipinski definition) is 2. The third-order valence-electron chi connectivity index (χ3n) is 2.12. The molecule has 1 amide bonds. The first kappa shape index (κ1) is 13.5. The minimum absolute atomic E-state index is 0.0898. The molecule has 4 heteroatoms. The van der Waals surface area contributed by atoms with Gasteiger partial charge in [-0.05, 0) is 38.5 Å². The molecule has 94 valence electrons. The van der Waals surface area contributed by atoms with E-state index in [1.807, 2.05) is 20.8 Å². The van der Waals surface area contributed by atoms with E-state index in [0.717, 1.165) is 5.56 Å². The van der Waals surface area contributed by atoms with Crippen LogP contribution in [0, 0.1) is 12.7 Å². The molecule has 0 aliphatic carbocycles. The van der Waals surface area contributed by atoms with Gasteiger partial charge in [0.05, 0.1) is 13.0 Å². The van der Waals surface area contributed by atoms with E-state index in [1.54, 1.807) is 12.1 Å². The molecule has 0 aliphatic heterocycles. The van der Waals surface area contributed by atoms with Crippen LogP contribution in [0.15, 0.2) is 18.2 Å². The lowest BCUT2D eigenvalue weighted by Crippen LogP contribution is -2.31. The van der Waals surface area contributed by atoms with Crippen LogP contribution < -0.4 is 10.1 Å². The van der Waals surface area contributed by atoms with Crippen LogP contribution >= 0.6 is 0 Å². The van der Waals surface area contributed by atoms with Gasteiger partial charge >= 0.3 is 0 Å². The molecule has 0 unspecified atom stereocenters. The first-order chi connectivity index (χ1) is 7.99. The third kappa shape index (κ3) is 4.85. The SMILES string of the molecule is Cc1ccc(F)c(OCCC(=O)NC(C)C)c1. The first-order valence-electron chi connectivity index (χ1n) is 5.67. The third-order valence-corrected chi connectivity index (χ3v) is 2.12. The summed E-state index contributed by atoms with van der Waals surface area (Å²) in [6, 6.07) is 4.76. The number of amides is 1. The monoisotopic (exact) mass is 239 g/mol. The molecular formula is C13H18FNO2. The minimum Gasteiger partial charge on any atom is -0.490 e. The Morgan fingerprint density at radius 1 is 1.47 bits per heavy atom. The van der Waals surface area contributed by atoms with Gasteiger partial charge in [-0.2, -0.15) is 0 Å². The van der Waals surface area contributed by atoms with Gasteiger partial charge in [-0.15, -0.1) is 0 Å². The number of ether oxygens (including phenoxy) is 1. The molecule has 0 radical (unpaired) electrons. The van der Waals surface area contributed by atoms with Crippen molar-refractivity contribution in [2.45, 2.75) is 33.2 Å². The molecule has 1 rings (SSSR count). The maximum Gasteiger partial charge on any atom is 0.223 e. The van der Waals surface area contributed by atoms with Crippen molar-refractivity contribution in [3.05, 3.63) is 29.6 Å². The summed E-state index contributed by atoms with van der Waals surface area (Å²) in [6.07, 6.45) is 0.228. The van der Waals surface area contributed by atoms with Gasteiger partial charge in [0.2, 0.25) is 5.91 Å². The lowest BCUT2D eigenvalue weighted by Gasteiger charge is -2.10. The van der Waals surface area contributed by atoms with Crippen molar-refractivity contribution >= 4 is 5.91 Å². The smallest absolute Gasteiger partial charge is 0.223 e. The Morgan fingerprint density at radius 2 is 2.18 bits per heavy atom. The first-order valence-corrected chi connectivity index (χ1v) is 5.67. The fraction of sp³-hybridized carbons (Fsp3) is 0.462. The highest BCUT2D eigenvalue weighted by molar-refractivity contribution is 5.76. The van der Waals surface area contributed by atoms with E-state index in [4.69, 9.17) is 4.74 Å². The zero-order chi connectivity index (χ0) is 12.8. The number of aryl methyl sites for hydroxylation is 1. The van der Waals surface area contributed by atoms with E-state index >= 15 is 0 Å². The molecule has 1 N–H and O–H groups in total. The standard InChI is InChI=1S/C13H18FNO2/c1-9(2)15-13(16)6-7-17-12-8-10(3)4-5-11(12)14/h4-5,8-9H,6-7H2,1-3H3,(H,15,16). The predicted molar refractivity (Wildman–Crippen MR) is 64.5 cm³/mol. The Bertz CT molecular complexity index is 391. The quantitative estimate of drug-likeness (QED) is 0.857. The second kappa shape index (κ2) is 6.23. The van der Waals surface area contributed by atoms with Crippen LogP contribution in [0.1, 0.15) is 25.8 Å². The van der Waals surface area contributed by atoms with Crippen LogP contribution in [0.5, 0.6) is 5.75 Å². The zero-order valence-corrected chi connectivity index (χ0v) is 10.4. The lowest BCUT2D eigenvalue weighted by molar-refractivity contribution is -0.122. The van der Waals surface area contributed by atoms with Gasteiger partial charge in [-0.3, -0.25) is 4.79 Å². The predicted octanol–water partition coefficient (Wildman–Crippen LogP) is 2.43. The van der Waals surface area contributed by atoms with Crippen LogP contribution in [0.4, 0.5) is 4.39 Å². The summed E-state index contributed by atoms with van der Waals surface area (Å²) >= 11 is 0. The van der Waals surface area contributed by atoms with E-state index in [2.05, 4.69) is 5.32 Å². The number of benzene rings is 1. The molecule has 0 aliphatic rings. The van der Waals surface area contributed by atoms with Crippen molar-refractivity contribution in [1.82, 2.24) is 5.32 Å². The summed E-state index contributed by atoms with van der Waals surface area (Å²) in [7, 11) is 0. The van der Waals surface area contributed by atoms with E-state index < -0.39 is 5.82 Å². The largest absolute Gasteiger partial charge is 0.490 e. The van der Waals surface area contributed by atoms with Gasteiger partial charge in [0.1, 0.15) is 0 Å². The number of rotatable bonds is 5. The molecule has 0 heterocycles. The van der Waals surface area contributed by atoms with Crippen LogP contribution in [-0.4, -0.2) is 18.6 Å². The fourth-order valence-corrected chi connectivity index (χ4v) is 1.37. The van der Waals surface area contributed by atoms with Crippen molar-refractivity contribution in [1.29, 1.82) is 0 Å². The second-order valence-corrected chi connectivity index (χ2v) is 4.25. The number of halogens is 1. The average molecular weight is 239 g/mol. The van der Waals surface area contributed by atoms with Gasteiger partial charge in [0.25, 0.3) is 0 Å². The second-order valence-electron chi connectivity index (χ2n) is 4.25. The molecule has 0 saturated heterocycles. The number of carbonyl (C=O) groups is 1. The maximum atomic E-state index is 13.3. The number of carbonyl (C=O) groups excluding carboxylic acids is 1. The van der Waals surface area contributed by atoms with Gasteiger partial charge in [-0.25, -0.2) is 4.39 Å². The molecule has 0 bridgehead atoms. The maximum absolute atomic E-state index is 13.3. The molecule has 3 nitrogen and oxygen atoms in total. The van der Waals surface area contributed by atoms with Crippen molar-refractivity contribution in [2.75, 3.05) is 6.61 Å². The van der Waals surface area contributed by atoms with Crippen LogP contribution in [0.3, 0.4) is 0 Å². The number of hydrogen-bond donors (Lipinski definition) is 1. The molecular weight excluding hydrogens is 221 g/mol. The molecule has 17 heavy (non-hydrogen) atoms. The Balaban J connectivity index is 2.40. The summed E-state index contributed by atoms with van der Waals surface area (Å²) in [5.41, 5.74) is 0.924. The van der Waals surface area contributed by atoms with Crippen LogP contribution in [-0.2, 0) is 4.79 Å². The Morgan fingerprint density at radius 3 is 2.82 bits per heavy atom. The van der Waals surface area contributed by atoms with Crippen molar-refractivity contribution < 1.29 is 13.9 Å². The Labute approximate surface area is 101 Å². The Kier molecular flexibility index (Phi) is 4.94. The van der Waals surface area contributed by atoms with Gasteiger partial charge in [0.15, 0.2) is 11.6 Å². The molecule has 0 aromatic heterocycles. The molecule has 1 aromatic carbocycles. The molecule has 0 fully saturated rings. The summed E-state index contributed by atoms with van der Waals surface area (Å²) in [6.45, 7) is 5.81. The van der Waals surface area contributed by atoms with E-state index in [-0.39, 0.29) is 30.7 Å². The average Bonchev–Trinajstić information content (AvgIpc) is 2.22. The van der Waals surface area contributed by atoms with Crippen LogP contribution in [0.2, 0.25) is 0 Å². The van der Waals surface area contributed by atoms with Gasteiger partial charge in [-0.1, -0.05) is 6.07 Å². The summed E-state index contributed by atoms with van der Waals surface area (Å²) in [4.78, 5) is 11.3. The lowest BCUT2D eigenvalue weighted by atomic mass is 10.2. The normalized spacial score (nSPS) is 10.4. The Hall–Kier alpha value is -1.58. The highest BCUT2D eigenvalue weighted by Gasteiger charge is 2.06. The van der Waals surface area contributed by atoms with Crippen molar-refractivity contribution in [3.8, 4) is 5.75 Å². The highest BCUT2D eigenvalue weighted by Crippen LogP contribution is 2.18. The summed E-state index contributed by atoms with van der Waals surface area (Å²) in [5.74, 6) is -0.296. The topological polar surface area (TPSA) is 38.3 Å². The van der Waals surface area contributed by atoms with Crippen molar-refractivity contribution in [2.24, 2.45) is 0 Å². The zero-order valence-electron chi connectivity index (χ0n) is 10.4. The minimum atomic E-state index is -0.403. The molecule has 0 saturated carbocycles. The molecule has 1 aromatic rings. The van der Waals surface area contributed by atoms with E-state index in [9.17, 15) is 9.18 Å². The number of nitrogens with one attached hydrogen (secondary N) is 1. The summed E-state index contributed by atoms with van der Waals surface area (Å²) in [5, 5.41) is 2.74. The highest BCUT2D eigenvalue weighted by atomic mass is 19.1. The fourth-order valence-electron chi connectivity index (χ4n) is 1.37. The van der Waals surface area contributed by atoms with E-state index in [0.29, 0.717) is 0 Å². The molecule has 0 spiro atoms. The van der Waals surface area contributed by atoms with Crippen LogP contribution in [0.25, 0.3) is 0 Å². The summed E-state index contributed by atoms with van der Waals surface area (Å²) < 4.78 is 18.5. The van der Waals surface area contributed by atoms with Crippen molar-refractivity contribution in [3.63, 3.8) is 0 Å². The van der Waals surface area contributed by atoms with Gasteiger partial charge < -0.3 is 10.1 Å². The van der Waals surface area contributed by atoms with Gasteiger partial charge in [0, 0.05) is 6.04 Å².